The van der Waals surface area contributed by atoms with Gasteiger partial charge in [0.2, 0.25) is 0 Å². The van der Waals surface area contributed by atoms with Crippen molar-refractivity contribution in [2.75, 3.05) is 5.75 Å². The van der Waals surface area contributed by atoms with Gasteiger partial charge in [-0.2, -0.15) is 0 Å². The Hall–Kier alpha value is -0.830. The molecule has 11 heavy (non-hydrogen) atoms. The molecule has 0 amide bonds. The molecule has 1 rings (SSSR count). The number of carbonyl (C=O) groups is 1. The molecule has 1 aromatic carbocycles. The zero-order valence-corrected chi connectivity index (χ0v) is 6.60. The largest absolute Gasteiger partial charge is 0.302 e. The van der Waals surface area contributed by atoms with Gasteiger partial charge >= 0.3 is 0 Å². The van der Waals surface area contributed by atoms with E-state index in [1.807, 2.05) is 0 Å². The molecule has 0 saturated heterocycles. The van der Waals surface area contributed by atoms with Crippen molar-refractivity contribution < 1.29 is 9.18 Å². The minimum atomic E-state index is -0.263. The molecule has 58 valence electrons. The Morgan fingerprint density at radius 3 is 3.00 bits per heavy atom. The Kier molecular flexibility index (Phi) is 3.11. The second-order valence-corrected chi connectivity index (χ2v) is 3.03. The maximum absolute atomic E-state index is 12.5. The van der Waals surface area contributed by atoms with Gasteiger partial charge in [-0.3, -0.25) is 0 Å². The molecule has 0 fully saturated rings. The van der Waals surface area contributed by atoms with Crippen molar-refractivity contribution in [1.82, 2.24) is 0 Å². The molecule has 0 radical (unpaired) electrons. The zero-order chi connectivity index (χ0) is 8.10. The van der Waals surface area contributed by atoms with Gasteiger partial charge in [-0.15, -0.1) is 11.8 Å². The van der Waals surface area contributed by atoms with Crippen LogP contribution in [0.4, 0.5) is 4.39 Å². The summed E-state index contributed by atoms with van der Waals surface area (Å²) in [5.74, 6) is 0.115. The highest BCUT2D eigenvalue weighted by Crippen LogP contribution is 2.16. The minimum absolute atomic E-state index is 0.263. The number of aldehydes is 1. The van der Waals surface area contributed by atoms with Crippen molar-refractivity contribution in [3.8, 4) is 0 Å². The highest BCUT2D eigenvalue weighted by atomic mass is 32.2. The molecule has 0 bridgehead atoms. The summed E-state index contributed by atoms with van der Waals surface area (Å²) in [4.78, 5) is 10.7. The first-order chi connectivity index (χ1) is 5.33. The topological polar surface area (TPSA) is 17.1 Å². The highest BCUT2D eigenvalue weighted by Gasteiger charge is 1.93. The van der Waals surface area contributed by atoms with E-state index in [2.05, 4.69) is 0 Å². The fourth-order valence-electron chi connectivity index (χ4n) is 0.687. The molecule has 1 nitrogen and oxygen atoms in total. The van der Waals surface area contributed by atoms with Crippen LogP contribution in [0, 0.1) is 5.82 Å². The van der Waals surface area contributed by atoms with E-state index in [9.17, 15) is 9.18 Å². The molecule has 0 heterocycles. The van der Waals surface area contributed by atoms with E-state index in [-0.39, 0.29) is 5.82 Å². The summed E-state index contributed by atoms with van der Waals surface area (Å²) < 4.78 is 12.5. The molecule has 0 aliphatic rings. The van der Waals surface area contributed by atoms with Gasteiger partial charge in [-0.25, -0.2) is 4.39 Å². The van der Waals surface area contributed by atoms with Gasteiger partial charge in [-0.05, 0) is 18.2 Å². The number of carbonyl (C=O) groups excluding carboxylic acids is 1. The van der Waals surface area contributed by atoms with Crippen LogP contribution < -0.4 is 0 Å². The van der Waals surface area contributed by atoms with E-state index in [1.54, 1.807) is 12.1 Å². The van der Waals surface area contributed by atoms with Gasteiger partial charge in [-0.1, -0.05) is 6.07 Å². The van der Waals surface area contributed by atoms with E-state index >= 15 is 0 Å². The lowest BCUT2D eigenvalue weighted by molar-refractivity contribution is -0.105. The third kappa shape index (κ3) is 2.72. The van der Waals surface area contributed by atoms with Crippen molar-refractivity contribution >= 4 is 18.0 Å². The lowest BCUT2D eigenvalue weighted by atomic mass is 10.4. The molecule has 0 aliphatic heterocycles. The highest BCUT2D eigenvalue weighted by molar-refractivity contribution is 7.99. The van der Waals surface area contributed by atoms with Crippen molar-refractivity contribution in [2.24, 2.45) is 0 Å². The predicted octanol–water partition coefficient (Wildman–Crippen LogP) is 2.12. The van der Waals surface area contributed by atoms with Gasteiger partial charge in [0.15, 0.2) is 0 Å². The van der Waals surface area contributed by atoms with Gasteiger partial charge in [0, 0.05) is 4.90 Å². The summed E-state index contributed by atoms with van der Waals surface area (Å²) in [6.45, 7) is 0. The number of thioether (sulfide) groups is 1. The van der Waals surface area contributed by atoms with Crippen LogP contribution in [0.1, 0.15) is 0 Å². The molecule has 0 spiro atoms. The summed E-state index contributed by atoms with van der Waals surface area (Å²) in [7, 11) is 0. The van der Waals surface area contributed by atoms with Crippen LogP contribution in [0.5, 0.6) is 0 Å². The quantitative estimate of drug-likeness (QED) is 0.510. The Balaban J connectivity index is 2.63. The van der Waals surface area contributed by atoms with Crippen LogP contribution in [0.2, 0.25) is 0 Å². The van der Waals surface area contributed by atoms with E-state index in [0.29, 0.717) is 5.75 Å². The summed E-state index contributed by atoms with van der Waals surface area (Å²) in [5.41, 5.74) is 0. The van der Waals surface area contributed by atoms with Crippen molar-refractivity contribution in [1.29, 1.82) is 0 Å². The van der Waals surface area contributed by atoms with E-state index < -0.39 is 0 Å². The summed E-state index contributed by atoms with van der Waals surface area (Å²) >= 11 is 1.33. The van der Waals surface area contributed by atoms with E-state index in [4.69, 9.17) is 0 Å². The number of hydrogen-bond donors (Lipinski definition) is 0. The van der Waals surface area contributed by atoms with Crippen molar-refractivity contribution in [3.05, 3.63) is 30.1 Å². The predicted molar refractivity (Wildman–Crippen MR) is 43.2 cm³/mol. The first-order valence-corrected chi connectivity index (χ1v) is 4.13. The van der Waals surface area contributed by atoms with E-state index in [1.165, 1.54) is 23.9 Å². The number of rotatable bonds is 3. The molecular formula is C8H7FOS. The molecule has 0 atom stereocenters. The van der Waals surface area contributed by atoms with Crippen molar-refractivity contribution in [3.63, 3.8) is 0 Å². The summed E-state index contributed by atoms with van der Waals surface area (Å²) in [6.07, 6.45) is 0.801. The summed E-state index contributed by atoms with van der Waals surface area (Å²) in [5, 5.41) is 0. The third-order valence-electron chi connectivity index (χ3n) is 1.11. The van der Waals surface area contributed by atoms with Crippen LogP contribution >= 0.6 is 11.8 Å². The maximum atomic E-state index is 12.5. The Morgan fingerprint density at radius 2 is 2.36 bits per heavy atom. The third-order valence-corrected chi connectivity index (χ3v) is 2.00. The second kappa shape index (κ2) is 4.13. The first-order valence-electron chi connectivity index (χ1n) is 3.15. The van der Waals surface area contributed by atoms with Crippen LogP contribution in [0.25, 0.3) is 0 Å². The van der Waals surface area contributed by atoms with Gasteiger partial charge in [0.25, 0.3) is 0 Å². The molecule has 0 saturated carbocycles. The van der Waals surface area contributed by atoms with Crippen LogP contribution in [-0.2, 0) is 4.79 Å². The fraction of sp³-hybridized carbons (Fsp3) is 0.125. The monoisotopic (exact) mass is 170 g/mol. The molecular weight excluding hydrogens is 163 g/mol. The molecule has 0 aromatic heterocycles. The number of halogens is 1. The van der Waals surface area contributed by atoms with E-state index in [0.717, 1.165) is 11.2 Å². The Labute approximate surface area is 68.6 Å². The molecule has 0 aliphatic carbocycles. The van der Waals surface area contributed by atoms with Crippen molar-refractivity contribution in [2.45, 2.75) is 4.90 Å². The van der Waals surface area contributed by atoms with Crippen LogP contribution in [-0.4, -0.2) is 12.0 Å². The Bertz CT molecular complexity index is 250. The second-order valence-electron chi connectivity index (χ2n) is 1.94. The molecule has 1 aromatic rings. The fourth-order valence-corrected chi connectivity index (χ4v) is 1.32. The molecule has 0 N–H and O–H groups in total. The van der Waals surface area contributed by atoms with Crippen LogP contribution in [0.15, 0.2) is 29.2 Å². The lowest BCUT2D eigenvalue weighted by Crippen LogP contribution is -1.79. The first kappa shape index (κ1) is 8.27. The molecule has 3 heteroatoms. The van der Waals surface area contributed by atoms with Gasteiger partial charge in [0.05, 0.1) is 5.75 Å². The number of hydrogen-bond acceptors (Lipinski definition) is 2. The SMILES string of the molecule is O=CCSc1cccc(F)c1. The van der Waals surface area contributed by atoms with Gasteiger partial charge < -0.3 is 4.79 Å². The minimum Gasteiger partial charge on any atom is -0.302 e. The average Bonchev–Trinajstić information content (AvgIpc) is 2.01. The molecule has 0 unspecified atom stereocenters. The standard InChI is InChI=1S/C8H7FOS/c9-7-2-1-3-8(6-7)11-5-4-10/h1-4,6H,5H2. The lowest BCUT2D eigenvalue weighted by Gasteiger charge is -1.95. The number of benzene rings is 1. The summed E-state index contributed by atoms with van der Waals surface area (Å²) in [6, 6.07) is 6.19. The van der Waals surface area contributed by atoms with Gasteiger partial charge in [0.1, 0.15) is 12.1 Å². The van der Waals surface area contributed by atoms with Crippen LogP contribution in [0.3, 0.4) is 0 Å². The normalized spacial score (nSPS) is 9.55. The zero-order valence-electron chi connectivity index (χ0n) is 5.79. The smallest absolute Gasteiger partial charge is 0.130 e. The maximum Gasteiger partial charge on any atom is 0.130 e. The average molecular weight is 170 g/mol. The Morgan fingerprint density at radius 1 is 1.55 bits per heavy atom.